The van der Waals surface area contributed by atoms with Crippen LogP contribution in [0.4, 0.5) is 0 Å². The van der Waals surface area contributed by atoms with E-state index in [0.717, 1.165) is 37.2 Å². The molecule has 0 saturated carbocycles. The summed E-state index contributed by atoms with van der Waals surface area (Å²) in [7, 11) is 0. The number of carbonyl (C=O) groups excluding carboxylic acids is 2. The van der Waals surface area contributed by atoms with E-state index in [9.17, 15) is 9.59 Å². The first-order valence-electron chi connectivity index (χ1n) is 9.31. The summed E-state index contributed by atoms with van der Waals surface area (Å²) in [6, 6.07) is 9.23. The van der Waals surface area contributed by atoms with Crippen LogP contribution in [0.1, 0.15) is 47.6 Å². The van der Waals surface area contributed by atoms with Crippen LogP contribution in [0.2, 0.25) is 0 Å². The smallest absolute Gasteiger partial charge is 0.274 e. The van der Waals surface area contributed by atoms with E-state index in [4.69, 9.17) is 0 Å². The van der Waals surface area contributed by atoms with Crippen molar-refractivity contribution in [3.05, 3.63) is 47.3 Å². The number of benzene rings is 1. The first-order valence-corrected chi connectivity index (χ1v) is 9.31. The first kappa shape index (κ1) is 21.8. The zero-order valence-corrected chi connectivity index (χ0v) is 17.0. The zero-order valence-electron chi connectivity index (χ0n) is 16.1. The molecule has 152 valence electrons. The third kappa shape index (κ3) is 5.30. The standard InChI is InChI=1S/C19H26N6O2.ClH/c1-13(18(26)21-12-15-6-4-3-5-7-15)22-19(27)17-14(2)25(24-23-17)16-8-10-20-11-9-16;/h3-7,13,16,20H,8-12H2,1-2H3,(H,21,26)(H,22,27);1H. The van der Waals surface area contributed by atoms with Gasteiger partial charge in [0.1, 0.15) is 6.04 Å². The number of carbonyl (C=O) groups is 2. The topological polar surface area (TPSA) is 101 Å². The normalized spacial score (nSPS) is 15.4. The van der Waals surface area contributed by atoms with Crippen LogP contribution in [-0.4, -0.2) is 45.9 Å². The van der Waals surface area contributed by atoms with Gasteiger partial charge in [0.05, 0.1) is 11.7 Å². The summed E-state index contributed by atoms with van der Waals surface area (Å²) in [5.74, 6) is -0.620. The number of nitrogens with zero attached hydrogens (tertiary/aromatic N) is 3. The molecule has 1 aromatic carbocycles. The summed E-state index contributed by atoms with van der Waals surface area (Å²) in [4.78, 5) is 24.8. The molecule has 1 atom stereocenters. The molecule has 1 aliphatic heterocycles. The van der Waals surface area contributed by atoms with Gasteiger partial charge in [-0.3, -0.25) is 9.59 Å². The van der Waals surface area contributed by atoms with Crippen LogP contribution in [0, 0.1) is 6.92 Å². The molecule has 28 heavy (non-hydrogen) atoms. The van der Waals surface area contributed by atoms with Crippen molar-refractivity contribution in [2.75, 3.05) is 13.1 Å². The number of hydrogen-bond donors (Lipinski definition) is 3. The molecule has 9 heteroatoms. The lowest BCUT2D eigenvalue weighted by Crippen LogP contribution is -2.44. The average molecular weight is 407 g/mol. The Morgan fingerprint density at radius 1 is 1.25 bits per heavy atom. The lowest BCUT2D eigenvalue weighted by Gasteiger charge is -2.23. The van der Waals surface area contributed by atoms with Gasteiger partial charge in [-0.05, 0) is 45.3 Å². The molecule has 0 aliphatic carbocycles. The van der Waals surface area contributed by atoms with Crippen LogP contribution in [0.5, 0.6) is 0 Å². The van der Waals surface area contributed by atoms with Crippen molar-refractivity contribution in [3.63, 3.8) is 0 Å². The van der Waals surface area contributed by atoms with Crippen molar-refractivity contribution in [3.8, 4) is 0 Å². The Bertz CT molecular complexity index is 789. The molecule has 3 N–H and O–H groups in total. The third-order valence-corrected chi connectivity index (χ3v) is 4.85. The van der Waals surface area contributed by atoms with E-state index in [1.807, 2.05) is 41.9 Å². The summed E-state index contributed by atoms with van der Waals surface area (Å²) in [6.45, 7) is 5.79. The molecule has 2 aromatic rings. The number of amides is 2. The number of nitrogens with one attached hydrogen (secondary N) is 3. The molecule has 2 amide bonds. The van der Waals surface area contributed by atoms with E-state index in [1.165, 1.54) is 0 Å². The quantitative estimate of drug-likeness (QED) is 0.672. The summed E-state index contributed by atoms with van der Waals surface area (Å²) in [5, 5.41) is 17.1. The monoisotopic (exact) mass is 406 g/mol. The Morgan fingerprint density at radius 3 is 2.61 bits per heavy atom. The van der Waals surface area contributed by atoms with Gasteiger partial charge in [0.25, 0.3) is 5.91 Å². The maximum atomic E-state index is 12.5. The second-order valence-corrected chi connectivity index (χ2v) is 6.85. The van der Waals surface area contributed by atoms with Crippen molar-refractivity contribution in [1.82, 2.24) is 30.9 Å². The minimum absolute atomic E-state index is 0. The Kier molecular flexibility index (Phi) is 7.95. The van der Waals surface area contributed by atoms with Crippen molar-refractivity contribution in [2.45, 2.75) is 45.3 Å². The molecule has 8 nitrogen and oxygen atoms in total. The van der Waals surface area contributed by atoms with Crippen LogP contribution in [0.15, 0.2) is 30.3 Å². The van der Waals surface area contributed by atoms with Gasteiger partial charge in [0.15, 0.2) is 5.69 Å². The van der Waals surface area contributed by atoms with Gasteiger partial charge in [-0.15, -0.1) is 17.5 Å². The highest BCUT2D eigenvalue weighted by Crippen LogP contribution is 2.20. The van der Waals surface area contributed by atoms with Gasteiger partial charge in [-0.1, -0.05) is 35.5 Å². The van der Waals surface area contributed by atoms with Crippen molar-refractivity contribution >= 4 is 24.2 Å². The van der Waals surface area contributed by atoms with Gasteiger partial charge < -0.3 is 16.0 Å². The fourth-order valence-corrected chi connectivity index (χ4v) is 3.22. The highest BCUT2D eigenvalue weighted by atomic mass is 35.5. The second kappa shape index (κ2) is 10.2. The number of piperidine rings is 1. The summed E-state index contributed by atoms with van der Waals surface area (Å²) >= 11 is 0. The van der Waals surface area contributed by atoms with E-state index in [2.05, 4.69) is 26.3 Å². The van der Waals surface area contributed by atoms with Gasteiger partial charge in [-0.25, -0.2) is 4.68 Å². The van der Waals surface area contributed by atoms with Crippen molar-refractivity contribution in [2.24, 2.45) is 0 Å². The molecular formula is C19H27ClN6O2. The van der Waals surface area contributed by atoms with E-state index >= 15 is 0 Å². The molecule has 0 bridgehead atoms. The minimum atomic E-state index is -0.662. The van der Waals surface area contributed by atoms with Crippen LogP contribution >= 0.6 is 12.4 Å². The average Bonchev–Trinajstić information content (AvgIpc) is 3.09. The summed E-state index contributed by atoms with van der Waals surface area (Å²) in [5.41, 5.74) is 2.01. The van der Waals surface area contributed by atoms with Crippen LogP contribution in [0.25, 0.3) is 0 Å². The predicted molar refractivity (Wildman–Crippen MR) is 108 cm³/mol. The lowest BCUT2D eigenvalue weighted by molar-refractivity contribution is -0.122. The van der Waals surface area contributed by atoms with Crippen molar-refractivity contribution in [1.29, 1.82) is 0 Å². The van der Waals surface area contributed by atoms with Gasteiger partial charge in [0.2, 0.25) is 5.91 Å². The van der Waals surface area contributed by atoms with E-state index in [1.54, 1.807) is 6.92 Å². The number of aromatic nitrogens is 3. The zero-order chi connectivity index (χ0) is 19.2. The Morgan fingerprint density at radius 2 is 1.93 bits per heavy atom. The largest absolute Gasteiger partial charge is 0.350 e. The van der Waals surface area contributed by atoms with Crippen LogP contribution in [-0.2, 0) is 11.3 Å². The SMILES string of the molecule is Cc1c(C(=O)NC(C)C(=O)NCc2ccccc2)nnn1C1CCNCC1.Cl. The Hall–Kier alpha value is -2.45. The van der Waals surface area contributed by atoms with E-state index < -0.39 is 6.04 Å². The third-order valence-electron chi connectivity index (χ3n) is 4.85. The molecule has 1 aromatic heterocycles. The van der Waals surface area contributed by atoms with Crippen LogP contribution in [0.3, 0.4) is 0 Å². The first-order chi connectivity index (χ1) is 13.1. The summed E-state index contributed by atoms with van der Waals surface area (Å²) in [6.07, 6.45) is 1.92. The van der Waals surface area contributed by atoms with Gasteiger partial charge >= 0.3 is 0 Å². The fourth-order valence-electron chi connectivity index (χ4n) is 3.22. The Balaban J connectivity index is 0.00000280. The molecular weight excluding hydrogens is 380 g/mol. The number of rotatable bonds is 6. The molecule has 1 saturated heterocycles. The highest BCUT2D eigenvalue weighted by Gasteiger charge is 2.24. The molecule has 0 radical (unpaired) electrons. The predicted octanol–water partition coefficient (Wildman–Crippen LogP) is 1.37. The fraction of sp³-hybridized carbons (Fsp3) is 0.474. The maximum Gasteiger partial charge on any atom is 0.274 e. The van der Waals surface area contributed by atoms with E-state index in [-0.39, 0.29) is 36.0 Å². The summed E-state index contributed by atoms with van der Waals surface area (Å²) < 4.78 is 1.83. The molecule has 2 heterocycles. The molecule has 0 spiro atoms. The van der Waals surface area contributed by atoms with Gasteiger partial charge in [0, 0.05) is 6.54 Å². The molecule has 1 aliphatic rings. The highest BCUT2D eigenvalue weighted by molar-refractivity contribution is 5.96. The Labute approximate surface area is 170 Å². The molecule has 1 unspecified atom stereocenters. The molecule has 1 fully saturated rings. The maximum absolute atomic E-state index is 12.5. The van der Waals surface area contributed by atoms with E-state index in [0.29, 0.717) is 6.54 Å². The molecule has 3 rings (SSSR count). The van der Waals surface area contributed by atoms with Gasteiger partial charge in [-0.2, -0.15) is 0 Å². The number of hydrogen-bond acceptors (Lipinski definition) is 5. The van der Waals surface area contributed by atoms with Crippen LogP contribution < -0.4 is 16.0 Å². The second-order valence-electron chi connectivity index (χ2n) is 6.85. The number of halogens is 1. The minimum Gasteiger partial charge on any atom is -0.350 e. The lowest BCUT2D eigenvalue weighted by atomic mass is 10.1. The van der Waals surface area contributed by atoms with Crippen molar-refractivity contribution < 1.29 is 9.59 Å².